The van der Waals surface area contributed by atoms with Gasteiger partial charge in [0.25, 0.3) is 5.69 Å². The van der Waals surface area contributed by atoms with E-state index in [1.54, 1.807) is 18.2 Å². The molecule has 128 valence electrons. The van der Waals surface area contributed by atoms with Gasteiger partial charge < -0.3 is 10.1 Å². The molecule has 0 saturated carbocycles. The Balaban J connectivity index is 2.62. The van der Waals surface area contributed by atoms with Crippen LogP contribution in [0.1, 0.15) is 5.56 Å². The first-order valence-electron chi connectivity index (χ1n) is 7.02. The normalized spacial score (nSPS) is 11.3. The Kier molecular flexibility index (Phi) is 5.40. The fourth-order valence-electron chi connectivity index (χ4n) is 2.26. The number of alkyl halides is 3. The second-order valence-electron chi connectivity index (χ2n) is 4.96. The Bertz CT molecular complexity index is 718. The Morgan fingerprint density at radius 3 is 2.42 bits per heavy atom. The lowest BCUT2D eigenvalue weighted by molar-refractivity contribution is -0.384. The zero-order valence-electron chi connectivity index (χ0n) is 12.8. The quantitative estimate of drug-likeness (QED) is 0.483. The summed E-state index contributed by atoms with van der Waals surface area (Å²) in [5, 5.41) is 13.9. The number of nitrogens with one attached hydrogen (secondary N) is 1. The number of ether oxygens (including phenoxy) is 1. The van der Waals surface area contributed by atoms with Crippen molar-refractivity contribution in [2.75, 3.05) is 25.6 Å². The smallest absolute Gasteiger partial charge is 0.383 e. The Hall–Kier alpha value is -2.61. The fourth-order valence-corrected chi connectivity index (χ4v) is 2.26. The number of nitro benzene ring substituents is 1. The molecule has 2 aromatic rings. The van der Waals surface area contributed by atoms with E-state index < -0.39 is 22.4 Å². The average Bonchev–Trinajstić information content (AvgIpc) is 2.54. The Labute approximate surface area is 136 Å². The van der Waals surface area contributed by atoms with Crippen LogP contribution in [-0.4, -0.2) is 25.2 Å². The minimum absolute atomic E-state index is 0.0175. The molecule has 0 atom stereocenters. The van der Waals surface area contributed by atoms with Gasteiger partial charge in [-0.15, -0.1) is 0 Å². The predicted octanol–water partition coefficient (Wildman–Crippen LogP) is 4.34. The van der Waals surface area contributed by atoms with E-state index in [1.165, 1.54) is 19.2 Å². The molecule has 0 aliphatic carbocycles. The molecule has 1 N–H and O–H groups in total. The van der Waals surface area contributed by atoms with Gasteiger partial charge in [0.05, 0.1) is 17.1 Å². The number of rotatable bonds is 6. The lowest BCUT2D eigenvalue weighted by Crippen LogP contribution is -2.12. The number of hydrogen-bond donors (Lipinski definition) is 1. The molecule has 0 unspecified atom stereocenters. The first kappa shape index (κ1) is 17.7. The highest BCUT2D eigenvalue weighted by atomic mass is 19.4. The summed E-state index contributed by atoms with van der Waals surface area (Å²) < 4.78 is 44.9. The van der Waals surface area contributed by atoms with E-state index in [2.05, 4.69) is 5.32 Å². The van der Waals surface area contributed by atoms with Crippen LogP contribution in [0.5, 0.6) is 0 Å². The van der Waals surface area contributed by atoms with E-state index in [4.69, 9.17) is 4.74 Å². The van der Waals surface area contributed by atoms with Gasteiger partial charge in [-0.05, 0) is 17.2 Å². The number of nitrogens with zero attached hydrogens (tertiary/aromatic N) is 1. The molecular formula is C16H15F3N2O3. The highest BCUT2D eigenvalue weighted by Gasteiger charge is 2.36. The van der Waals surface area contributed by atoms with Crippen molar-refractivity contribution in [3.63, 3.8) is 0 Å². The molecule has 5 nitrogen and oxygen atoms in total. The van der Waals surface area contributed by atoms with Crippen LogP contribution in [0.2, 0.25) is 0 Å². The van der Waals surface area contributed by atoms with Crippen LogP contribution in [0.4, 0.5) is 24.5 Å². The molecule has 0 heterocycles. The number of benzene rings is 2. The molecule has 0 aliphatic heterocycles. The van der Waals surface area contributed by atoms with Gasteiger partial charge in [0.15, 0.2) is 0 Å². The van der Waals surface area contributed by atoms with Crippen molar-refractivity contribution in [3.8, 4) is 11.1 Å². The van der Waals surface area contributed by atoms with Gasteiger partial charge >= 0.3 is 6.18 Å². The number of halogens is 3. The highest BCUT2D eigenvalue weighted by Crippen LogP contribution is 2.42. The van der Waals surface area contributed by atoms with Crippen molar-refractivity contribution in [2.45, 2.75) is 6.18 Å². The van der Waals surface area contributed by atoms with Crippen LogP contribution in [-0.2, 0) is 10.9 Å². The fraction of sp³-hybridized carbons (Fsp3) is 0.250. The van der Waals surface area contributed by atoms with E-state index in [9.17, 15) is 23.3 Å². The summed E-state index contributed by atoms with van der Waals surface area (Å²) in [4.78, 5) is 10.3. The van der Waals surface area contributed by atoms with Crippen LogP contribution >= 0.6 is 0 Å². The van der Waals surface area contributed by atoms with Gasteiger partial charge in [0.2, 0.25) is 0 Å². The van der Waals surface area contributed by atoms with E-state index in [0.29, 0.717) is 11.6 Å². The molecule has 0 spiro atoms. The topological polar surface area (TPSA) is 64.4 Å². The molecule has 0 fully saturated rings. The standard InChI is InChI=1S/C16H15F3N2O3/c1-24-8-7-20-14-9-12(11-5-3-2-4-6-11)13(16(17,18)19)10-15(14)21(22)23/h2-6,9-10,20H,7-8H2,1H3. The van der Waals surface area contributed by atoms with E-state index in [1.807, 2.05) is 0 Å². The summed E-state index contributed by atoms with van der Waals surface area (Å²) in [7, 11) is 1.46. The molecule has 8 heteroatoms. The van der Waals surface area contributed by atoms with Crippen molar-refractivity contribution >= 4 is 11.4 Å². The van der Waals surface area contributed by atoms with Crippen LogP contribution < -0.4 is 5.32 Å². The summed E-state index contributed by atoms with van der Waals surface area (Å²) in [6, 6.07) is 9.66. The second kappa shape index (κ2) is 7.31. The van der Waals surface area contributed by atoms with Gasteiger partial charge in [-0.25, -0.2) is 0 Å². The maximum Gasteiger partial charge on any atom is 0.417 e. The van der Waals surface area contributed by atoms with E-state index in [-0.39, 0.29) is 24.4 Å². The number of anilines is 1. The van der Waals surface area contributed by atoms with Gasteiger partial charge in [-0.1, -0.05) is 30.3 Å². The Morgan fingerprint density at radius 2 is 1.88 bits per heavy atom. The SMILES string of the molecule is COCCNc1cc(-c2ccccc2)c(C(F)(F)F)cc1[N+](=O)[O-]. The third-order valence-corrected chi connectivity index (χ3v) is 3.34. The van der Waals surface area contributed by atoms with Gasteiger partial charge in [0, 0.05) is 19.7 Å². The summed E-state index contributed by atoms with van der Waals surface area (Å²) in [5.41, 5.74) is -1.44. The maximum atomic E-state index is 13.4. The van der Waals surface area contributed by atoms with Crippen molar-refractivity contribution in [1.82, 2.24) is 0 Å². The van der Waals surface area contributed by atoms with Crippen molar-refractivity contribution in [1.29, 1.82) is 0 Å². The lowest BCUT2D eigenvalue weighted by Gasteiger charge is -2.16. The zero-order chi connectivity index (χ0) is 17.7. The molecule has 2 aromatic carbocycles. The number of hydrogen-bond acceptors (Lipinski definition) is 4. The first-order valence-corrected chi connectivity index (χ1v) is 7.02. The predicted molar refractivity (Wildman–Crippen MR) is 83.9 cm³/mol. The van der Waals surface area contributed by atoms with Gasteiger partial charge in [-0.3, -0.25) is 10.1 Å². The molecular weight excluding hydrogens is 325 g/mol. The van der Waals surface area contributed by atoms with E-state index >= 15 is 0 Å². The Morgan fingerprint density at radius 1 is 1.21 bits per heavy atom. The molecule has 24 heavy (non-hydrogen) atoms. The molecule has 0 saturated heterocycles. The molecule has 0 aromatic heterocycles. The van der Waals surface area contributed by atoms with Crippen molar-refractivity contribution in [3.05, 3.63) is 58.1 Å². The maximum absolute atomic E-state index is 13.4. The minimum Gasteiger partial charge on any atom is -0.383 e. The van der Waals surface area contributed by atoms with Crippen LogP contribution in [0.25, 0.3) is 11.1 Å². The molecule has 0 radical (unpaired) electrons. The van der Waals surface area contributed by atoms with Crippen molar-refractivity contribution < 1.29 is 22.8 Å². The van der Waals surface area contributed by atoms with Crippen LogP contribution in [0.3, 0.4) is 0 Å². The zero-order valence-corrected chi connectivity index (χ0v) is 12.8. The lowest BCUT2D eigenvalue weighted by atomic mass is 9.97. The number of methoxy groups -OCH3 is 1. The molecule has 0 aliphatic rings. The third-order valence-electron chi connectivity index (χ3n) is 3.34. The summed E-state index contributed by atoms with van der Waals surface area (Å²) >= 11 is 0. The summed E-state index contributed by atoms with van der Waals surface area (Å²) in [6.07, 6.45) is -4.71. The summed E-state index contributed by atoms with van der Waals surface area (Å²) in [5.74, 6) is 0. The number of nitro groups is 1. The van der Waals surface area contributed by atoms with Crippen molar-refractivity contribution in [2.24, 2.45) is 0 Å². The third kappa shape index (κ3) is 4.02. The largest absolute Gasteiger partial charge is 0.417 e. The molecule has 2 rings (SSSR count). The minimum atomic E-state index is -4.71. The van der Waals surface area contributed by atoms with Crippen LogP contribution in [0, 0.1) is 10.1 Å². The second-order valence-corrected chi connectivity index (χ2v) is 4.96. The highest BCUT2D eigenvalue weighted by molar-refractivity contribution is 5.77. The summed E-state index contributed by atoms with van der Waals surface area (Å²) in [6.45, 7) is 0.496. The van der Waals surface area contributed by atoms with E-state index in [0.717, 1.165) is 6.07 Å². The van der Waals surface area contributed by atoms with Gasteiger partial charge in [0.1, 0.15) is 5.69 Å². The molecule has 0 amide bonds. The average molecular weight is 340 g/mol. The first-order chi connectivity index (χ1) is 11.3. The van der Waals surface area contributed by atoms with Gasteiger partial charge in [-0.2, -0.15) is 13.2 Å². The monoisotopic (exact) mass is 340 g/mol. The van der Waals surface area contributed by atoms with Crippen LogP contribution in [0.15, 0.2) is 42.5 Å². The molecule has 0 bridgehead atoms.